The summed E-state index contributed by atoms with van der Waals surface area (Å²) in [5.41, 5.74) is 3.96. The van der Waals surface area contributed by atoms with Gasteiger partial charge in [0.25, 0.3) is 5.88 Å². The van der Waals surface area contributed by atoms with Gasteiger partial charge in [-0.3, -0.25) is 9.78 Å². The van der Waals surface area contributed by atoms with Crippen LogP contribution in [-0.4, -0.2) is 31.7 Å². The molecule has 0 atom stereocenters. The molecule has 0 spiro atoms. The van der Waals surface area contributed by atoms with Gasteiger partial charge in [-0.2, -0.15) is 0 Å². The number of carbonyl (C=O) groups is 1. The van der Waals surface area contributed by atoms with Gasteiger partial charge in [-0.1, -0.05) is 6.08 Å². The average Bonchev–Trinajstić information content (AvgIpc) is 3.38. The summed E-state index contributed by atoms with van der Waals surface area (Å²) in [6.07, 6.45) is 12.2. The number of hydrogen-bond acceptors (Lipinski definition) is 5. The summed E-state index contributed by atoms with van der Waals surface area (Å²) in [5.74, 6) is 0.918. The molecule has 3 aromatic heterocycles. The number of Topliss-reactive ketones (excluding diaryl/α,β-unsaturated/α-hetero) is 1. The van der Waals surface area contributed by atoms with E-state index >= 15 is 0 Å². The average molecular weight is 348 g/mol. The van der Waals surface area contributed by atoms with Crippen LogP contribution in [0, 0.1) is 0 Å². The minimum absolute atomic E-state index is 0.0558. The minimum atomic E-state index is -0.0558. The fourth-order valence-electron chi connectivity index (χ4n) is 2.97. The number of fused-ring (bicyclic) bond motifs is 1. The first-order chi connectivity index (χ1) is 12.7. The lowest BCUT2D eigenvalue weighted by Crippen LogP contribution is -2.04. The third kappa shape index (κ3) is 3.10. The van der Waals surface area contributed by atoms with E-state index < -0.39 is 0 Å². The predicted molar refractivity (Wildman–Crippen MR) is 98.5 cm³/mol. The quantitative estimate of drug-likeness (QED) is 0.369. The first-order valence-electron chi connectivity index (χ1n) is 8.76. The molecule has 6 nitrogen and oxygen atoms in total. The monoisotopic (exact) mass is 348 g/mol. The Balaban J connectivity index is 1.84. The number of ketones is 1. The molecule has 1 aliphatic carbocycles. The molecule has 0 aliphatic heterocycles. The Morgan fingerprint density at radius 2 is 2.27 bits per heavy atom. The zero-order valence-corrected chi connectivity index (χ0v) is 14.7. The van der Waals surface area contributed by atoms with E-state index in [-0.39, 0.29) is 5.78 Å². The molecule has 0 aromatic carbocycles. The van der Waals surface area contributed by atoms with Crippen molar-refractivity contribution in [3.63, 3.8) is 0 Å². The lowest BCUT2D eigenvalue weighted by molar-refractivity contribution is 0.101. The molecule has 4 rings (SSSR count). The van der Waals surface area contributed by atoms with Crippen LogP contribution in [-0.2, 0) is 0 Å². The van der Waals surface area contributed by atoms with Crippen LogP contribution in [0.1, 0.15) is 48.2 Å². The number of nitrogens with zero attached hydrogens (tertiary/aromatic N) is 4. The van der Waals surface area contributed by atoms with Crippen molar-refractivity contribution in [2.24, 2.45) is 0 Å². The summed E-state index contributed by atoms with van der Waals surface area (Å²) in [6.45, 7) is 5.73. The fraction of sp³-hybridized carbons (Fsp3) is 0.300. The molecule has 0 N–H and O–H groups in total. The van der Waals surface area contributed by atoms with Gasteiger partial charge in [0.15, 0.2) is 5.78 Å². The molecule has 0 unspecified atom stereocenters. The van der Waals surface area contributed by atoms with E-state index in [0.717, 1.165) is 36.1 Å². The first kappa shape index (κ1) is 16.4. The minimum Gasteiger partial charge on any atom is -0.475 e. The summed E-state index contributed by atoms with van der Waals surface area (Å²) in [4.78, 5) is 25.2. The Morgan fingerprint density at radius 3 is 3.00 bits per heavy atom. The van der Waals surface area contributed by atoms with Crippen molar-refractivity contribution >= 4 is 11.4 Å². The van der Waals surface area contributed by atoms with Crippen LogP contribution in [0.15, 0.2) is 43.5 Å². The lowest BCUT2D eigenvalue weighted by Gasteiger charge is -2.12. The van der Waals surface area contributed by atoms with Crippen LogP contribution in [0.4, 0.5) is 0 Å². The summed E-state index contributed by atoms with van der Waals surface area (Å²) < 4.78 is 7.72. The maximum Gasteiger partial charge on any atom is 0.258 e. The third-order valence-electron chi connectivity index (χ3n) is 4.49. The van der Waals surface area contributed by atoms with Gasteiger partial charge in [-0.25, -0.2) is 9.97 Å². The van der Waals surface area contributed by atoms with Gasteiger partial charge in [-0.15, -0.1) is 6.58 Å². The Kier molecular flexibility index (Phi) is 4.24. The van der Waals surface area contributed by atoms with E-state index in [1.165, 1.54) is 6.92 Å². The van der Waals surface area contributed by atoms with Crippen LogP contribution in [0.3, 0.4) is 0 Å². The van der Waals surface area contributed by atoms with E-state index in [1.807, 2.05) is 29.1 Å². The summed E-state index contributed by atoms with van der Waals surface area (Å²) >= 11 is 0. The normalized spacial score (nSPS) is 13.7. The molecule has 1 aliphatic rings. The highest BCUT2D eigenvalue weighted by atomic mass is 16.5. The van der Waals surface area contributed by atoms with Crippen LogP contribution in [0.25, 0.3) is 16.9 Å². The molecule has 1 fully saturated rings. The van der Waals surface area contributed by atoms with E-state index in [0.29, 0.717) is 29.7 Å². The third-order valence-corrected chi connectivity index (χ3v) is 4.49. The number of ether oxygens (including phenoxy) is 1. The molecule has 132 valence electrons. The van der Waals surface area contributed by atoms with Crippen LogP contribution < -0.4 is 4.74 Å². The van der Waals surface area contributed by atoms with Crippen molar-refractivity contribution in [1.29, 1.82) is 0 Å². The molecule has 0 bridgehead atoms. The molecular formula is C20H20N4O2. The number of aromatic nitrogens is 4. The second kappa shape index (κ2) is 6.71. The molecule has 0 amide bonds. The molecule has 0 radical (unpaired) electrons. The maximum atomic E-state index is 11.8. The predicted octanol–water partition coefficient (Wildman–Crippen LogP) is 3.83. The number of imidazole rings is 1. The Hall–Kier alpha value is -3.02. The SMILES string of the molecule is C=CCCOc1nc(-c2cc(C(C)=O)ncc2C2CC2)cn2ccnc12. The van der Waals surface area contributed by atoms with Crippen molar-refractivity contribution in [2.45, 2.75) is 32.1 Å². The van der Waals surface area contributed by atoms with Gasteiger partial charge >= 0.3 is 0 Å². The number of rotatable bonds is 7. The number of pyridine rings is 1. The van der Waals surface area contributed by atoms with Gasteiger partial charge in [0, 0.05) is 37.3 Å². The second-order valence-electron chi connectivity index (χ2n) is 6.50. The van der Waals surface area contributed by atoms with E-state index in [2.05, 4.69) is 16.5 Å². The summed E-state index contributed by atoms with van der Waals surface area (Å²) in [5, 5.41) is 0. The van der Waals surface area contributed by atoms with E-state index in [4.69, 9.17) is 9.72 Å². The Labute approximate surface area is 151 Å². The van der Waals surface area contributed by atoms with Crippen LogP contribution in [0.2, 0.25) is 0 Å². The molecule has 6 heteroatoms. The smallest absolute Gasteiger partial charge is 0.258 e. The summed E-state index contributed by atoms with van der Waals surface area (Å²) in [6, 6.07) is 1.84. The van der Waals surface area contributed by atoms with Crippen molar-refractivity contribution in [2.75, 3.05) is 6.61 Å². The maximum absolute atomic E-state index is 11.8. The van der Waals surface area contributed by atoms with E-state index in [9.17, 15) is 4.79 Å². The Morgan fingerprint density at radius 1 is 1.42 bits per heavy atom. The lowest BCUT2D eigenvalue weighted by atomic mass is 10.0. The number of carbonyl (C=O) groups excluding carboxylic acids is 1. The van der Waals surface area contributed by atoms with Crippen molar-refractivity contribution in [1.82, 2.24) is 19.4 Å². The molecule has 3 heterocycles. The first-order valence-corrected chi connectivity index (χ1v) is 8.76. The second-order valence-corrected chi connectivity index (χ2v) is 6.50. The fourth-order valence-corrected chi connectivity index (χ4v) is 2.97. The molecule has 26 heavy (non-hydrogen) atoms. The van der Waals surface area contributed by atoms with Crippen molar-refractivity contribution < 1.29 is 9.53 Å². The van der Waals surface area contributed by atoms with Gasteiger partial charge in [-0.05, 0) is 36.8 Å². The number of hydrogen-bond donors (Lipinski definition) is 0. The van der Waals surface area contributed by atoms with Crippen LogP contribution >= 0.6 is 0 Å². The van der Waals surface area contributed by atoms with Crippen molar-refractivity contribution in [3.05, 3.63) is 54.8 Å². The molecule has 1 saturated carbocycles. The zero-order valence-electron chi connectivity index (χ0n) is 14.7. The van der Waals surface area contributed by atoms with Gasteiger partial charge < -0.3 is 9.14 Å². The molecular weight excluding hydrogens is 328 g/mol. The van der Waals surface area contributed by atoms with Gasteiger partial charge in [0.05, 0.1) is 12.3 Å². The van der Waals surface area contributed by atoms with E-state index in [1.54, 1.807) is 12.3 Å². The molecule has 3 aromatic rings. The highest BCUT2D eigenvalue weighted by molar-refractivity contribution is 5.93. The van der Waals surface area contributed by atoms with Crippen molar-refractivity contribution in [3.8, 4) is 17.1 Å². The highest BCUT2D eigenvalue weighted by Crippen LogP contribution is 2.44. The zero-order chi connectivity index (χ0) is 18.1. The molecule has 0 saturated heterocycles. The summed E-state index contributed by atoms with van der Waals surface area (Å²) in [7, 11) is 0. The van der Waals surface area contributed by atoms with Gasteiger partial charge in [0.2, 0.25) is 5.65 Å². The largest absolute Gasteiger partial charge is 0.475 e. The Bertz CT molecular complexity index is 989. The van der Waals surface area contributed by atoms with Crippen LogP contribution in [0.5, 0.6) is 5.88 Å². The topological polar surface area (TPSA) is 69.4 Å². The van der Waals surface area contributed by atoms with Gasteiger partial charge in [0.1, 0.15) is 5.69 Å². The highest BCUT2D eigenvalue weighted by Gasteiger charge is 2.28. The standard InChI is InChI=1S/C20H20N4O2/c1-3-4-9-26-20-19-21-7-8-24(19)12-18(23-20)15-10-17(13(2)25)22-11-16(15)14-5-6-14/h3,7-8,10-12,14H,1,4-6,9H2,2H3.